The third-order valence-electron chi connectivity index (χ3n) is 4.94. The molecular formula is C48H78. The van der Waals surface area contributed by atoms with Crippen molar-refractivity contribution in [2.24, 2.45) is 0 Å². The van der Waals surface area contributed by atoms with Gasteiger partial charge in [-0.05, 0) is 44.5 Å². The third kappa shape index (κ3) is 28.3. The largest absolute Gasteiger partial charge is 0.0683 e. The zero-order valence-corrected chi connectivity index (χ0v) is 34.9. The zero-order chi connectivity index (χ0) is 38.4. The second kappa shape index (κ2) is 52.6. The van der Waals surface area contributed by atoms with Crippen LogP contribution in [0, 0.1) is 0 Å². The van der Waals surface area contributed by atoms with Crippen LogP contribution >= 0.6 is 0 Å². The average Bonchev–Trinajstić information content (AvgIpc) is 3.25. The van der Waals surface area contributed by atoms with Gasteiger partial charge in [0, 0.05) is 0 Å². The molecule has 0 aliphatic carbocycles. The van der Waals surface area contributed by atoms with Gasteiger partial charge in [0.25, 0.3) is 0 Å². The molecule has 0 atom stereocenters. The summed E-state index contributed by atoms with van der Waals surface area (Å²) in [6.45, 7) is 36.0. The van der Waals surface area contributed by atoms with E-state index < -0.39 is 0 Å². The van der Waals surface area contributed by atoms with Crippen molar-refractivity contribution in [3.8, 4) is 0 Å². The van der Waals surface area contributed by atoms with Gasteiger partial charge >= 0.3 is 0 Å². The van der Waals surface area contributed by atoms with E-state index in [0.29, 0.717) is 0 Å². The molecule has 0 aliphatic rings. The first kappa shape index (κ1) is 56.4. The number of hydrogen-bond donors (Lipinski definition) is 0. The van der Waals surface area contributed by atoms with Crippen LogP contribution in [0.4, 0.5) is 0 Å². The standard InChI is InChI=1S/C14H10.C10H8.C6H6.9C2H6/c1-2-6-12-10-14-8-4-3-7-13(14)9-11(12)5-1;1-2-6-10-8-4-3-7-9(10)5-1;1-2-4-6-5-3-1;9*1-2/h1-10H;1-8H;1-6H;9*1-2H3. The van der Waals surface area contributed by atoms with Crippen molar-refractivity contribution in [3.05, 3.63) is 146 Å². The van der Waals surface area contributed by atoms with E-state index in [-0.39, 0.29) is 0 Å². The zero-order valence-electron chi connectivity index (χ0n) is 34.9. The van der Waals surface area contributed by atoms with Gasteiger partial charge in [-0.15, -0.1) is 0 Å². The second-order valence-corrected chi connectivity index (χ2v) is 7.05. The van der Waals surface area contributed by atoms with E-state index in [9.17, 15) is 0 Å². The normalized spacial score (nSPS) is 7.38. The van der Waals surface area contributed by atoms with Crippen molar-refractivity contribution in [3.63, 3.8) is 0 Å². The highest BCUT2D eigenvalue weighted by Gasteiger charge is 1.95. The van der Waals surface area contributed by atoms with Crippen LogP contribution in [0.1, 0.15) is 125 Å². The second-order valence-electron chi connectivity index (χ2n) is 7.05. The van der Waals surface area contributed by atoms with Crippen molar-refractivity contribution in [1.82, 2.24) is 0 Å². The predicted molar refractivity (Wildman–Crippen MR) is 234 cm³/mol. The van der Waals surface area contributed by atoms with E-state index in [1.54, 1.807) is 0 Å². The maximum atomic E-state index is 2.24. The monoisotopic (exact) mass is 655 g/mol. The van der Waals surface area contributed by atoms with Gasteiger partial charge in [0.15, 0.2) is 0 Å². The quantitative estimate of drug-likeness (QED) is 0.143. The molecule has 0 aliphatic heterocycles. The van der Waals surface area contributed by atoms with Crippen LogP contribution < -0.4 is 0 Å². The fraction of sp³-hybridized carbons (Fsp3) is 0.375. The molecule has 6 aromatic carbocycles. The molecule has 270 valence electrons. The lowest BCUT2D eigenvalue weighted by Crippen LogP contribution is -1.74. The Bertz CT molecular complexity index is 1140. The summed E-state index contributed by atoms with van der Waals surface area (Å²) in [6, 6.07) is 50.1. The molecule has 0 N–H and O–H groups in total. The Balaban J connectivity index is -0.000000115. The lowest BCUT2D eigenvalue weighted by molar-refractivity contribution is 1.50. The fourth-order valence-electron chi connectivity index (χ4n) is 3.40. The smallest absolute Gasteiger partial charge is 0.0178 e. The number of rotatable bonds is 0. The molecule has 0 amide bonds. The van der Waals surface area contributed by atoms with Crippen LogP contribution in [0.2, 0.25) is 0 Å². The van der Waals surface area contributed by atoms with E-state index in [0.717, 1.165) is 0 Å². The number of benzene rings is 6. The SMILES string of the molecule is CC.CC.CC.CC.CC.CC.CC.CC.CC.c1ccc2cc3ccccc3cc2c1.c1ccc2ccccc2c1.c1ccccc1. The van der Waals surface area contributed by atoms with Crippen molar-refractivity contribution >= 4 is 32.3 Å². The topological polar surface area (TPSA) is 0 Å². The minimum absolute atomic E-state index is 1.31. The molecule has 0 heterocycles. The lowest BCUT2D eigenvalue weighted by Gasteiger charge is -2.00. The summed E-state index contributed by atoms with van der Waals surface area (Å²) < 4.78 is 0. The van der Waals surface area contributed by atoms with Crippen molar-refractivity contribution in [1.29, 1.82) is 0 Å². The van der Waals surface area contributed by atoms with E-state index in [2.05, 4.69) is 109 Å². The van der Waals surface area contributed by atoms with Crippen LogP contribution in [-0.4, -0.2) is 0 Å². The first-order valence-corrected chi connectivity index (χ1v) is 19.2. The average molecular weight is 655 g/mol. The van der Waals surface area contributed by atoms with Gasteiger partial charge in [0.1, 0.15) is 0 Å². The summed E-state index contributed by atoms with van der Waals surface area (Å²) in [6.07, 6.45) is 0. The molecule has 6 rings (SSSR count). The van der Waals surface area contributed by atoms with Crippen LogP contribution in [-0.2, 0) is 0 Å². The highest BCUT2D eigenvalue weighted by molar-refractivity contribution is 5.98. The summed E-state index contributed by atoms with van der Waals surface area (Å²) in [5.74, 6) is 0. The highest BCUT2D eigenvalue weighted by Crippen LogP contribution is 2.22. The van der Waals surface area contributed by atoms with Crippen LogP contribution in [0.5, 0.6) is 0 Å². The number of fused-ring (bicyclic) bond motifs is 3. The van der Waals surface area contributed by atoms with Gasteiger partial charge in [0.2, 0.25) is 0 Å². The molecule has 0 nitrogen and oxygen atoms in total. The van der Waals surface area contributed by atoms with Crippen LogP contribution in [0.25, 0.3) is 32.3 Å². The molecule has 0 aromatic heterocycles. The summed E-state index contributed by atoms with van der Waals surface area (Å²) in [5.41, 5.74) is 0. The predicted octanol–water partition coefficient (Wildman–Crippen LogP) is 17.8. The molecule has 0 bridgehead atoms. The molecular weight excluding hydrogens is 577 g/mol. The van der Waals surface area contributed by atoms with Crippen molar-refractivity contribution < 1.29 is 0 Å². The van der Waals surface area contributed by atoms with E-state index in [1.165, 1.54) is 32.3 Å². The Morgan fingerprint density at radius 2 is 0.292 bits per heavy atom. The fourth-order valence-corrected chi connectivity index (χ4v) is 3.40. The molecule has 0 saturated heterocycles. The Hall–Kier alpha value is -3.90. The third-order valence-corrected chi connectivity index (χ3v) is 4.94. The Morgan fingerprint density at radius 3 is 0.438 bits per heavy atom. The van der Waals surface area contributed by atoms with Gasteiger partial charge in [-0.1, -0.05) is 258 Å². The maximum absolute atomic E-state index is 2.24. The lowest BCUT2D eigenvalue weighted by atomic mass is 10.0. The van der Waals surface area contributed by atoms with E-state index in [1.807, 2.05) is 161 Å². The van der Waals surface area contributed by atoms with Crippen LogP contribution in [0.15, 0.2) is 146 Å². The maximum Gasteiger partial charge on any atom is -0.0178 e. The van der Waals surface area contributed by atoms with E-state index in [4.69, 9.17) is 0 Å². The van der Waals surface area contributed by atoms with Gasteiger partial charge in [0.05, 0.1) is 0 Å². The Morgan fingerprint density at radius 1 is 0.167 bits per heavy atom. The minimum atomic E-state index is 1.31. The van der Waals surface area contributed by atoms with Gasteiger partial charge in [-0.25, -0.2) is 0 Å². The summed E-state index contributed by atoms with van der Waals surface area (Å²) in [7, 11) is 0. The van der Waals surface area contributed by atoms with Crippen molar-refractivity contribution in [2.75, 3.05) is 0 Å². The summed E-state index contributed by atoms with van der Waals surface area (Å²) in [4.78, 5) is 0. The molecule has 48 heavy (non-hydrogen) atoms. The molecule has 6 aromatic rings. The molecule has 0 heteroatoms. The highest BCUT2D eigenvalue weighted by atomic mass is 14.0. The molecule has 0 spiro atoms. The summed E-state index contributed by atoms with van der Waals surface area (Å²) in [5, 5.41) is 7.87. The Kier molecular flexibility index (Phi) is 61.9. The molecule has 0 radical (unpaired) electrons. The van der Waals surface area contributed by atoms with Crippen molar-refractivity contribution in [2.45, 2.75) is 125 Å². The minimum Gasteiger partial charge on any atom is -0.0683 e. The first-order valence-electron chi connectivity index (χ1n) is 19.2. The molecule has 0 fully saturated rings. The summed E-state index contributed by atoms with van der Waals surface area (Å²) >= 11 is 0. The van der Waals surface area contributed by atoms with Crippen LogP contribution in [0.3, 0.4) is 0 Å². The van der Waals surface area contributed by atoms with Gasteiger partial charge in [-0.2, -0.15) is 0 Å². The molecule has 0 unspecified atom stereocenters. The first-order chi connectivity index (χ1) is 23.9. The Labute approximate surface area is 301 Å². The van der Waals surface area contributed by atoms with Gasteiger partial charge in [-0.3, -0.25) is 0 Å². The number of hydrogen-bond acceptors (Lipinski definition) is 0. The van der Waals surface area contributed by atoms with Gasteiger partial charge < -0.3 is 0 Å². The van der Waals surface area contributed by atoms with E-state index >= 15 is 0 Å². The molecule has 0 saturated carbocycles.